The van der Waals surface area contributed by atoms with Gasteiger partial charge in [0, 0.05) is 49.1 Å². The smallest absolute Gasteiger partial charge is 0.344 e. The Morgan fingerprint density at radius 1 is 1.18 bits per heavy atom. The van der Waals surface area contributed by atoms with Crippen molar-refractivity contribution < 1.29 is 19.1 Å². The van der Waals surface area contributed by atoms with E-state index in [0.29, 0.717) is 48.5 Å². The van der Waals surface area contributed by atoms with E-state index in [1.165, 1.54) is 19.3 Å². The molecule has 1 aliphatic heterocycles. The van der Waals surface area contributed by atoms with Gasteiger partial charge in [0.25, 0.3) is 0 Å². The van der Waals surface area contributed by atoms with Crippen molar-refractivity contribution in [2.45, 2.75) is 65.5 Å². The summed E-state index contributed by atoms with van der Waals surface area (Å²) >= 11 is 6.59. The number of carbonyl (C=O) groups excluding carboxylic acids is 2. The number of amides is 3. The molecule has 3 amide bonds. The highest BCUT2D eigenvalue weighted by Gasteiger charge is 2.30. The SMILES string of the molecule is CCCCCCCOc1ccc(C2=NC(=O)NC(c3cc(CCNC(=O)C(C)(C)COC)ccc3Cl)N2C)cn1. The first-order valence-corrected chi connectivity index (χ1v) is 14.3. The maximum Gasteiger partial charge on any atom is 0.344 e. The van der Waals surface area contributed by atoms with E-state index in [4.69, 9.17) is 21.1 Å². The van der Waals surface area contributed by atoms with Gasteiger partial charge < -0.3 is 25.0 Å². The van der Waals surface area contributed by atoms with E-state index in [1.54, 1.807) is 19.4 Å². The summed E-state index contributed by atoms with van der Waals surface area (Å²) in [5, 5.41) is 6.40. The number of urea groups is 1. The summed E-state index contributed by atoms with van der Waals surface area (Å²) in [6.07, 6.45) is 7.58. The van der Waals surface area contributed by atoms with E-state index in [-0.39, 0.29) is 5.91 Å². The Labute approximate surface area is 242 Å². The van der Waals surface area contributed by atoms with Crippen molar-refractivity contribution in [1.82, 2.24) is 20.5 Å². The molecule has 9 nitrogen and oxygen atoms in total. The van der Waals surface area contributed by atoms with Crippen molar-refractivity contribution in [3.8, 4) is 5.88 Å². The Bertz CT molecular complexity index is 1170. The second kappa shape index (κ2) is 15.0. The normalized spacial score (nSPS) is 15.4. The average Bonchev–Trinajstić information content (AvgIpc) is 2.93. The summed E-state index contributed by atoms with van der Waals surface area (Å²) in [5.41, 5.74) is 1.81. The van der Waals surface area contributed by atoms with Crippen LogP contribution in [0.15, 0.2) is 41.5 Å². The number of unbranched alkanes of at least 4 members (excludes halogenated alkanes) is 4. The summed E-state index contributed by atoms with van der Waals surface area (Å²) in [7, 11) is 3.43. The number of hydrogen-bond acceptors (Lipinski definition) is 6. The fraction of sp³-hybridized carbons (Fsp3) is 0.533. The molecule has 0 spiro atoms. The topological polar surface area (TPSA) is 105 Å². The van der Waals surface area contributed by atoms with Crippen molar-refractivity contribution in [3.63, 3.8) is 0 Å². The molecule has 3 rings (SSSR count). The van der Waals surface area contributed by atoms with Crippen LogP contribution in [0, 0.1) is 5.41 Å². The minimum absolute atomic E-state index is 0.0688. The van der Waals surface area contributed by atoms with Gasteiger partial charge in [-0.3, -0.25) is 4.79 Å². The summed E-state index contributed by atoms with van der Waals surface area (Å²) in [6, 6.07) is 8.88. The lowest BCUT2D eigenvalue weighted by Crippen LogP contribution is -2.47. The average molecular weight is 572 g/mol. The van der Waals surface area contributed by atoms with Crippen LogP contribution in [0.4, 0.5) is 4.79 Å². The lowest BCUT2D eigenvalue weighted by Gasteiger charge is -2.35. The molecule has 0 radical (unpaired) electrons. The van der Waals surface area contributed by atoms with Crippen molar-refractivity contribution in [3.05, 3.63) is 58.2 Å². The second-order valence-corrected chi connectivity index (χ2v) is 11.1. The zero-order valence-electron chi connectivity index (χ0n) is 24.3. The lowest BCUT2D eigenvalue weighted by molar-refractivity contribution is -0.131. The first kappa shape index (κ1) is 31.4. The molecule has 2 N–H and O–H groups in total. The van der Waals surface area contributed by atoms with Gasteiger partial charge in [0.1, 0.15) is 12.0 Å². The fourth-order valence-electron chi connectivity index (χ4n) is 4.52. The van der Waals surface area contributed by atoms with Crippen LogP contribution >= 0.6 is 11.6 Å². The maximum atomic E-state index is 12.6. The molecular weight excluding hydrogens is 530 g/mol. The molecular formula is C30H42ClN5O4. The molecule has 2 aromatic rings. The Kier molecular flexibility index (Phi) is 11.8. The highest BCUT2D eigenvalue weighted by molar-refractivity contribution is 6.31. The molecule has 1 aliphatic rings. The molecule has 0 bridgehead atoms. The zero-order chi connectivity index (χ0) is 29.1. The van der Waals surface area contributed by atoms with Crippen LogP contribution in [0.25, 0.3) is 0 Å². The van der Waals surface area contributed by atoms with Gasteiger partial charge in [-0.1, -0.05) is 56.3 Å². The summed E-state index contributed by atoms with van der Waals surface area (Å²) in [5.74, 6) is 0.967. The predicted molar refractivity (Wildman–Crippen MR) is 158 cm³/mol. The lowest BCUT2D eigenvalue weighted by atomic mass is 9.93. The van der Waals surface area contributed by atoms with E-state index < -0.39 is 17.6 Å². The number of hydrogen-bond donors (Lipinski definition) is 2. The third-order valence-corrected chi connectivity index (χ3v) is 7.20. The number of aromatic nitrogens is 1. The van der Waals surface area contributed by atoms with Gasteiger partial charge in [-0.05, 0) is 44.4 Å². The number of ether oxygens (including phenoxy) is 2. The van der Waals surface area contributed by atoms with Gasteiger partial charge in [-0.15, -0.1) is 0 Å². The molecule has 0 saturated heterocycles. The Morgan fingerprint density at radius 3 is 2.65 bits per heavy atom. The number of nitrogens with one attached hydrogen (secondary N) is 2. The first-order valence-electron chi connectivity index (χ1n) is 13.9. The van der Waals surface area contributed by atoms with Crippen LogP contribution < -0.4 is 15.4 Å². The van der Waals surface area contributed by atoms with Crippen molar-refractivity contribution in [2.75, 3.05) is 33.9 Å². The Balaban J connectivity index is 1.65. The largest absolute Gasteiger partial charge is 0.478 e. The van der Waals surface area contributed by atoms with Gasteiger partial charge in [0.2, 0.25) is 11.8 Å². The number of benzene rings is 1. The highest BCUT2D eigenvalue weighted by Crippen LogP contribution is 2.30. The van der Waals surface area contributed by atoms with Gasteiger partial charge in [-0.2, -0.15) is 4.99 Å². The summed E-state index contributed by atoms with van der Waals surface area (Å²) in [6.45, 7) is 7.32. The second-order valence-electron chi connectivity index (χ2n) is 10.7. The van der Waals surface area contributed by atoms with Crippen LogP contribution in [0.3, 0.4) is 0 Å². The fourth-order valence-corrected chi connectivity index (χ4v) is 4.74. The monoisotopic (exact) mass is 571 g/mol. The number of rotatable bonds is 15. The number of halogens is 1. The first-order chi connectivity index (χ1) is 19.2. The molecule has 1 unspecified atom stereocenters. The standard InChI is InChI=1S/C30H42ClN5O4/c1-6-7-8-9-10-17-40-25-14-12-22(19-33-25)26-34-29(38)35-27(36(26)4)23-18-21(11-13-24(23)31)15-16-32-28(37)30(2,3)20-39-5/h11-14,18-19,27H,6-10,15-17,20H2,1-5H3,(H,32,37)(H,35,38). The quantitative estimate of drug-likeness (QED) is 0.273. The Morgan fingerprint density at radius 2 is 1.95 bits per heavy atom. The molecule has 10 heteroatoms. The highest BCUT2D eigenvalue weighted by atomic mass is 35.5. The summed E-state index contributed by atoms with van der Waals surface area (Å²) < 4.78 is 10.9. The molecule has 0 fully saturated rings. The third-order valence-electron chi connectivity index (χ3n) is 6.86. The van der Waals surface area contributed by atoms with Gasteiger partial charge in [0.15, 0.2) is 0 Å². The van der Waals surface area contributed by atoms with E-state index in [0.717, 1.165) is 24.0 Å². The number of methoxy groups -OCH3 is 1. The molecule has 0 saturated carbocycles. The van der Waals surface area contributed by atoms with Gasteiger partial charge in [0.05, 0.1) is 18.6 Å². The Hall–Kier alpha value is -3.17. The van der Waals surface area contributed by atoms with Crippen molar-refractivity contribution in [1.29, 1.82) is 0 Å². The number of carbonyl (C=O) groups is 2. The molecule has 1 aromatic carbocycles. The van der Waals surface area contributed by atoms with Crippen LogP contribution in [-0.2, 0) is 16.0 Å². The van der Waals surface area contributed by atoms with Crippen molar-refractivity contribution >= 4 is 29.4 Å². The van der Waals surface area contributed by atoms with Gasteiger partial charge in [-0.25, -0.2) is 9.78 Å². The van der Waals surface area contributed by atoms with E-state index in [9.17, 15) is 9.59 Å². The zero-order valence-corrected chi connectivity index (χ0v) is 25.0. The molecule has 0 aliphatic carbocycles. The molecule has 2 heterocycles. The number of amidine groups is 1. The molecule has 218 valence electrons. The maximum absolute atomic E-state index is 12.6. The van der Waals surface area contributed by atoms with Crippen LogP contribution in [-0.4, -0.2) is 61.6 Å². The van der Waals surface area contributed by atoms with E-state index >= 15 is 0 Å². The number of nitrogens with zero attached hydrogens (tertiary/aromatic N) is 3. The van der Waals surface area contributed by atoms with E-state index in [1.807, 2.05) is 50.1 Å². The minimum atomic E-state index is -0.613. The van der Waals surface area contributed by atoms with Crippen molar-refractivity contribution in [2.24, 2.45) is 10.4 Å². The van der Waals surface area contributed by atoms with Crippen LogP contribution in [0.5, 0.6) is 5.88 Å². The van der Waals surface area contributed by atoms with Crippen LogP contribution in [0.2, 0.25) is 5.02 Å². The predicted octanol–water partition coefficient (Wildman–Crippen LogP) is 5.52. The number of aliphatic imine (C=N–C) groups is 1. The van der Waals surface area contributed by atoms with E-state index in [2.05, 4.69) is 27.5 Å². The molecule has 1 aromatic heterocycles. The molecule has 1 atom stereocenters. The van der Waals surface area contributed by atoms with Gasteiger partial charge >= 0.3 is 6.03 Å². The summed E-state index contributed by atoms with van der Waals surface area (Å²) in [4.78, 5) is 35.6. The third kappa shape index (κ3) is 8.66. The van der Waals surface area contributed by atoms with Crippen LogP contribution in [0.1, 0.15) is 75.7 Å². The minimum Gasteiger partial charge on any atom is -0.478 e. The number of pyridine rings is 1. The molecule has 40 heavy (non-hydrogen) atoms.